The molecule has 4 nitrogen and oxygen atoms in total. The van der Waals surface area contributed by atoms with Gasteiger partial charge in [-0.15, -0.1) is 11.3 Å². The molecule has 3 N–H and O–H groups in total. The molecular weight excluding hydrogens is 308 g/mol. The molecule has 0 saturated carbocycles. The maximum Gasteiger partial charge on any atom is 0.264 e. The average Bonchev–Trinajstić information content (AvgIpc) is 2.76. The van der Waals surface area contributed by atoms with E-state index in [4.69, 9.17) is 22.1 Å². The van der Waals surface area contributed by atoms with Gasteiger partial charge in [0.25, 0.3) is 5.91 Å². The van der Waals surface area contributed by atoms with E-state index >= 15 is 0 Å². The Morgan fingerprint density at radius 1 is 1.52 bits per heavy atom. The Labute approximate surface area is 132 Å². The molecule has 1 aliphatic heterocycles. The molecule has 6 heteroatoms. The van der Waals surface area contributed by atoms with Gasteiger partial charge in [-0.3, -0.25) is 4.79 Å². The lowest BCUT2D eigenvalue weighted by atomic mass is 9.95. The van der Waals surface area contributed by atoms with E-state index in [1.807, 2.05) is 13.0 Å². The van der Waals surface area contributed by atoms with Crippen molar-refractivity contribution >= 4 is 44.6 Å². The Balaban J connectivity index is 1.89. The first-order valence-corrected chi connectivity index (χ1v) is 8.06. The third kappa shape index (κ3) is 2.86. The number of benzene rings is 1. The number of carbonyl (C=O) groups excluding carboxylic acids is 1. The fraction of sp³-hybridized carbons (Fsp3) is 0.400. The predicted octanol–water partition coefficient (Wildman–Crippen LogP) is 3.44. The quantitative estimate of drug-likeness (QED) is 0.889. The number of amides is 1. The normalized spacial score (nSPS) is 22.4. The number of nitrogen functional groups attached to an aromatic ring is 1. The van der Waals surface area contributed by atoms with Gasteiger partial charge in [0.1, 0.15) is 4.88 Å². The van der Waals surface area contributed by atoms with Crippen molar-refractivity contribution in [2.24, 2.45) is 0 Å². The van der Waals surface area contributed by atoms with Gasteiger partial charge in [-0.25, -0.2) is 0 Å². The fourth-order valence-corrected chi connectivity index (χ4v) is 3.79. The Hall–Kier alpha value is -1.30. The Morgan fingerprint density at radius 2 is 2.33 bits per heavy atom. The molecule has 3 rings (SSSR count). The third-order valence-electron chi connectivity index (χ3n) is 3.75. The van der Waals surface area contributed by atoms with Gasteiger partial charge in [0, 0.05) is 21.7 Å². The minimum absolute atomic E-state index is 0.141. The molecule has 0 aliphatic carbocycles. The van der Waals surface area contributed by atoms with E-state index in [1.165, 1.54) is 11.3 Å². The number of fused-ring (bicyclic) bond motifs is 1. The molecule has 21 heavy (non-hydrogen) atoms. The molecular formula is C15H17ClN2O2S. The minimum Gasteiger partial charge on any atom is -0.397 e. The number of hydrogen-bond donors (Lipinski definition) is 2. The number of anilines is 1. The fourth-order valence-electron chi connectivity index (χ4n) is 2.62. The van der Waals surface area contributed by atoms with E-state index in [-0.39, 0.29) is 11.4 Å². The number of rotatable bonds is 2. The van der Waals surface area contributed by atoms with Crippen LogP contribution >= 0.6 is 22.9 Å². The summed E-state index contributed by atoms with van der Waals surface area (Å²) >= 11 is 7.38. The summed E-state index contributed by atoms with van der Waals surface area (Å²) in [5.41, 5.74) is 6.29. The zero-order valence-corrected chi connectivity index (χ0v) is 13.3. The van der Waals surface area contributed by atoms with E-state index in [2.05, 4.69) is 5.32 Å². The third-order valence-corrected chi connectivity index (χ3v) is 5.17. The van der Waals surface area contributed by atoms with Crippen molar-refractivity contribution in [2.75, 3.05) is 18.9 Å². The predicted molar refractivity (Wildman–Crippen MR) is 87.2 cm³/mol. The van der Waals surface area contributed by atoms with Crippen LogP contribution in [0.3, 0.4) is 0 Å². The molecule has 1 aliphatic rings. The number of nitrogens with two attached hydrogens (primary N) is 1. The summed E-state index contributed by atoms with van der Waals surface area (Å²) in [6.07, 6.45) is 1.86. The van der Waals surface area contributed by atoms with Gasteiger partial charge >= 0.3 is 0 Å². The van der Waals surface area contributed by atoms with E-state index in [1.54, 1.807) is 12.1 Å². The maximum absolute atomic E-state index is 12.5. The monoisotopic (exact) mass is 324 g/mol. The summed E-state index contributed by atoms with van der Waals surface area (Å²) in [6.45, 7) is 3.30. The van der Waals surface area contributed by atoms with Crippen LogP contribution in [-0.2, 0) is 4.74 Å². The summed E-state index contributed by atoms with van der Waals surface area (Å²) in [6, 6.07) is 5.49. The largest absolute Gasteiger partial charge is 0.397 e. The number of thiophene rings is 1. The lowest BCUT2D eigenvalue weighted by Crippen LogP contribution is -2.51. The van der Waals surface area contributed by atoms with Crippen LogP contribution in [0.1, 0.15) is 29.4 Å². The zero-order valence-electron chi connectivity index (χ0n) is 11.7. The van der Waals surface area contributed by atoms with Crippen LogP contribution in [0.25, 0.3) is 10.1 Å². The van der Waals surface area contributed by atoms with Gasteiger partial charge in [0.15, 0.2) is 0 Å². The number of halogens is 1. The van der Waals surface area contributed by atoms with Crippen LogP contribution in [0.15, 0.2) is 18.2 Å². The van der Waals surface area contributed by atoms with E-state index in [0.717, 1.165) is 29.5 Å². The maximum atomic E-state index is 12.5. The molecule has 1 aromatic carbocycles. The van der Waals surface area contributed by atoms with E-state index in [0.29, 0.717) is 22.2 Å². The first-order chi connectivity index (χ1) is 9.98. The van der Waals surface area contributed by atoms with Gasteiger partial charge in [-0.2, -0.15) is 0 Å². The molecule has 1 atom stereocenters. The van der Waals surface area contributed by atoms with Gasteiger partial charge in [-0.1, -0.05) is 11.6 Å². The molecule has 1 aromatic heterocycles. The topological polar surface area (TPSA) is 64.4 Å². The Bertz CT molecular complexity index is 692. The lowest BCUT2D eigenvalue weighted by Gasteiger charge is -2.34. The van der Waals surface area contributed by atoms with Crippen molar-refractivity contribution in [3.05, 3.63) is 28.1 Å². The molecule has 2 aromatic rings. The van der Waals surface area contributed by atoms with E-state index < -0.39 is 0 Å². The molecule has 1 saturated heterocycles. The van der Waals surface area contributed by atoms with Gasteiger partial charge in [-0.05, 0) is 38.0 Å². The summed E-state index contributed by atoms with van der Waals surface area (Å²) < 4.78 is 6.43. The van der Waals surface area contributed by atoms with Crippen LogP contribution < -0.4 is 11.1 Å². The second-order valence-corrected chi connectivity index (χ2v) is 7.14. The van der Waals surface area contributed by atoms with Crippen LogP contribution in [0, 0.1) is 0 Å². The number of ether oxygens (including phenoxy) is 1. The Morgan fingerprint density at radius 3 is 3.05 bits per heavy atom. The van der Waals surface area contributed by atoms with Gasteiger partial charge < -0.3 is 15.8 Å². The molecule has 0 radical (unpaired) electrons. The molecule has 0 bridgehead atoms. The lowest BCUT2D eigenvalue weighted by molar-refractivity contribution is 0.0274. The number of carbonyl (C=O) groups is 1. The van der Waals surface area contributed by atoms with Crippen molar-refractivity contribution in [2.45, 2.75) is 25.3 Å². The average molecular weight is 325 g/mol. The van der Waals surface area contributed by atoms with Crippen LogP contribution in [0.4, 0.5) is 5.69 Å². The molecule has 1 fully saturated rings. The highest BCUT2D eigenvalue weighted by molar-refractivity contribution is 7.21. The Kier molecular flexibility index (Phi) is 3.82. The van der Waals surface area contributed by atoms with E-state index in [9.17, 15) is 4.79 Å². The highest BCUT2D eigenvalue weighted by Crippen LogP contribution is 2.35. The molecule has 1 amide bonds. The van der Waals surface area contributed by atoms with Crippen LogP contribution in [0.5, 0.6) is 0 Å². The highest BCUT2D eigenvalue weighted by Gasteiger charge is 2.31. The zero-order chi connectivity index (χ0) is 15.0. The second kappa shape index (κ2) is 5.48. The van der Waals surface area contributed by atoms with Crippen LogP contribution in [0.2, 0.25) is 5.02 Å². The van der Waals surface area contributed by atoms with Crippen molar-refractivity contribution in [3.8, 4) is 0 Å². The summed E-state index contributed by atoms with van der Waals surface area (Å²) in [5, 5.41) is 4.51. The first-order valence-electron chi connectivity index (χ1n) is 6.86. The summed E-state index contributed by atoms with van der Waals surface area (Å²) in [4.78, 5) is 13.1. The minimum atomic E-state index is -0.324. The van der Waals surface area contributed by atoms with Crippen molar-refractivity contribution in [1.82, 2.24) is 5.32 Å². The highest BCUT2D eigenvalue weighted by atomic mass is 35.5. The molecule has 0 spiro atoms. The van der Waals surface area contributed by atoms with Crippen molar-refractivity contribution in [1.29, 1.82) is 0 Å². The molecule has 2 heterocycles. The molecule has 112 valence electrons. The van der Waals surface area contributed by atoms with Crippen LogP contribution in [-0.4, -0.2) is 24.7 Å². The first kappa shape index (κ1) is 14.6. The van der Waals surface area contributed by atoms with Crippen molar-refractivity contribution < 1.29 is 9.53 Å². The van der Waals surface area contributed by atoms with Gasteiger partial charge in [0.2, 0.25) is 0 Å². The second-order valence-electron chi connectivity index (χ2n) is 5.66. The number of hydrogen-bond acceptors (Lipinski definition) is 4. The smallest absolute Gasteiger partial charge is 0.264 e. The standard InChI is InChI=1S/C15H17ClN2O2S/c1-15(5-2-6-20-8-15)18-14(19)13-12(17)10-7-9(16)3-4-11(10)21-13/h3-4,7H,2,5-6,8,17H2,1H3,(H,18,19). The van der Waals surface area contributed by atoms with Crippen molar-refractivity contribution in [3.63, 3.8) is 0 Å². The van der Waals surface area contributed by atoms with Gasteiger partial charge in [0.05, 0.1) is 17.8 Å². The summed E-state index contributed by atoms with van der Waals surface area (Å²) in [5.74, 6) is -0.141. The SMILES string of the molecule is CC1(NC(=O)c2sc3ccc(Cl)cc3c2N)CCCOC1. The molecule has 1 unspecified atom stereocenters. The number of nitrogens with one attached hydrogen (secondary N) is 1. The summed E-state index contributed by atoms with van der Waals surface area (Å²) in [7, 11) is 0.